The number of anilines is 1. The normalized spacial score (nSPS) is 13.1. The van der Waals surface area contributed by atoms with Crippen LogP contribution in [0.4, 0.5) is 5.69 Å². The molecule has 0 fully saturated rings. The molecule has 6 nitrogen and oxygen atoms in total. The molecule has 6 heteroatoms. The first kappa shape index (κ1) is 21.6. The molecule has 2 amide bonds. The Morgan fingerprint density at radius 3 is 2.53 bits per heavy atom. The van der Waals surface area contributed by atoms with Crippen molar-refractivity contribution in [1.29, 1.82) is 0 Å². The lowest BCUT2D eigenvalue weighted by Crippen LogP contribution is -2.35. The maximum Gasteiger partial charge on any atom is 0.243 e. The van der Waals surface area contributed by atoms with E-state index in [0.29, 0.717) is 13.1 Å². The number of para-hydroxylation sites is 1. The van der Waals surface area contributed by atoms with E-state index in [1.165, 1.54) is 16.3 Å². The van der Waals surface area contributed by atoms with Crippen LogP contribution in [0.5, 0.6) is 0 Å². The fourth-order valence-corrected chi connectivity index (χ4v) is 3.61. The van der Waals surface area contributed by atoms with Crippen molar-refractivity contribution in [3.63, 3.8) is 0 Å². The first-order chi connectivity index (χ1) is 14.6. The molecule has 1 heterocycles. The summed E-state index contributed by atoms with van der Waals surface area (Å²) in [5, 5.41) is 8.86. The quantitative estimate of drug-likeness (QED) is 0.695. The number of carbonyl (C=O) groups excluding carboxylic acids is 2. The molecule has 2 aromatic carbocycles. The lowest BCUT2D eigenvalue weighted by atomic mass is 10.1. The fourth-order valence-electron chi connectivity index (χ4n) is 3.61. The number of rotatable bonds is 9. The fraction of sp³-hybridized carbons (Fsp3) is 0.375. The Hall–Kier alpha value is -3.15. The van der Waals surface area contributed by atoms with E-state index in [1.807, 2.05) is 42.5 Å². The van der Waals surface area contributed by atoms with Gasteiger partial charge in [0.15, 0.2) is 0 Å². The van der Waals surface area contributed by atoms with Crippen LogP contribution in [0.15, 0.2) is 59.7 Å². The van der Waals surface area contributed by atoms with Gasteiger partial charge in [0, 0.05) is 44.6 Å². The molecule has 158 valence electrons. The Labute approximate surface area is 178 Å². The lowest BCUT2D eigenvalue weighted by Gasteiger charge is -2.25. The molecule has 0 aliphatic carbocycles. The highest BCUT2D eigenvalue weighted by atomic mass is 16.2. The number of carbonyl (C=O) groups is 2. The van der Waals surface area contributed by atoms with E-state index < -0.39 is 0 Å². The van der Waals surface area contributed by atoms with E-state index in [1.54, 1.807) is 0 Å². The molecule has 0 radical (unpaired) electrons. The van der Waals surface area contributed by atoms with Crippen molar-refractivity contribution < 1.29 is 9.59 Å². The third kappa shape index (κ3) is 5.69. The van der Waals surface area contributed by atoms with Crippen molar-refractivity contribution in [2.75, 3.05) is 31.1 Å². The summed E-state index contributed by atoms with van der Waals surface area (Å²) in [5.41, 5.74) is 4.37. The van der Waals surface area contributed by atoms with E-state index in [4.69, 9.17) is 0 Å². The van der Waals surface area contributed by atoms with Crippen LogP contribution < -0.4 is 10.2 Å². The van der Waals surface area contributed by atoms with Crippen molar-refractivity contribution >= 4 is 23.2 Å². The van der Waals surface area contributed by atoms with Crippen molar-refractivity contribution in [2.45, 2.75) is 33.1 Å². The van der Waals surface area contributed by atoms with Gasteiger partial charge in [-0.15, -0.1) is 0 Å². The van der Waals surface area contributed by atoms with Crippen LogP contribution in [0.25, 0.3) is 0 Å². The van der Waals surface area contributed by atoms with E-state index >= 15 is 0 Å². The second-order valence-electron chi connectivity index (χ2n) is 7.40. The lowest BCUT2D eigenvalue weighted by molar-refractivity contribution is -0.133. The summed E-state index contributed by atoms with van der Waals surface area (Å²) in [6.45, 7) is 6.93. The van der Waals surface area contributed by atoms with Gasteiger partial charge in [0.2, 0.25) is 11.8 Å². The van der Waals surface area contributed by atoms with Gasteiger partial charge in [-0.05, 0) is 31.0 Å². The molecule has 0 aromatic heterocycles. The Morgan fingerprint density at radius 1 is 1.07 bits per heavy atom. The number of nitrogens with one attached hydrogen (secondary N) is 1. The van der Waals surface area contributed by atoms with Gasteiger partial charge in [0.25, 0.3) is 0 Å². The number of benzene rings is 2. The molecule has 0 bridgehead atoms. The standard InChI is InChI=1S/C24H30N4O2/c1-3-27(22-12-8-7-9-19(22)2)18-16-25-23(29)13-14-24(30)28-17-15-21(26-28)20-10-5-4-6-11-20/h4-12H,3,13-18H2,1-2H3,(H,25,29). The molecule has 0 saturated heterocycles. The van der Waals surface area contributed by atoms with Gasteiger partial charge in [-0.2, -0.15) is 5.10 Å². The minimum atomic E-state index is -0.105. The minimum absolute atomic E-state index is 0.101. The van der Waals surface area contributed by atoms with E-state index in [-0.39, 0.29) is 24.7 Å². The zero-order chi connectivity index (χ0) is 21.3. The first-order valence-electron chi connectivity index (χ1n) is 10.6. The Morgan fingerprint density at radius 2 is 1.80 bits per heavy atom. The van der Waals surface area contributed by atoms with Crippen LogP contribution in [0, 0.1) is 6.92 Å². The van der Waals surface area contributed by atoms with E-state index in [2.05, 4.69) is 41.3 Å². The number of hydrogen-bond donors (Lipinski definition) is 1. The maximum atomic E-state index is 12.4. The predicted molar refractivity (Wildman–Crippen MR) is 121 cm³/mol. The largest absolute Gasteiger partial charge is 0.370 e. The Balaban J connectivity index is 1.41. The molecular weight excluding hydrogens is 376 g/mol. The Kier molecular flexibility index (Phi) is 7.60. The summed E-state index contributed by atoms with van der Waals surface area (Å²) >= 11 is 0. The SMILES string of the molecule is CCN(CCNC(=O)CCC(=O)N1CCC(c2ccccc2)=N1)c1ccccc1C. The number of likely N-dealkylation sites (N-methyl/N-ethyl adjacent to an activating group) is 1. The molecule has 0 atom stereocenters. The van der Waals surface area contributed by atoms with Gasteiger partial charge in [0.1, 0.15) is 0 Å². The highest BCUT2D eigenvalue weighted by molar-refractivity contribution is 6.02. The molecule has 30 heavy (non-hydrogen) atoms. The van der Waals surface area contributed by atoms with Crippen LogP contribution in [0.3, 0.4) is 0 Å². The number of hydrazone groups is 1. The topological polar surface area (TPSA) is 65.0 Å². The van der Waals surface area contributed by atoms with Gasteiger partial charge in [-0.1, -0.05) is 48.5 Å². The van der Waals surface area contributed by atoms with Gasteiger partial charge >= 0.3 is 0 Å². The van der Waals surface area contributed by atoms with Gasteiger partial charge in [-0.25, -0.2) is 5.01 Å². The minimum Gasteiger partial charge on any atom is -0.370 e. The predicted octanol–water partition coefficient (Wildman–Crippen LogP) is 3.35. The van der Waals surface area contributed by atoms with Crippen molar-refractivity contribution in [1.82, 2.24) is 10.3 Å². The number of hydrogen-bond acceptors (Lipinski definition) is 4. The van der Waals surface area contributed by atoms with Crippen LogP contribution in [-0.4, -0.2) is 48.7 Å². The molecule has 0 unspecified atom stereocenters. The van der Waals surface area contributed by atoms with Gasteiger partial charge in [0.05, 0.1) is 12.3 Å². The molecule has 1 N–H and O–H groups in total. The average molecular weight is 407 g/mol. The second kappa shape index (κ2) is 10.6. The molecule has 2 aromatic rings. The summed E-state index contributed by atoms with van der Waals surface area (Å²) in [6, 6.07) is 18.1. The second-order valence-corrected chi connectivity index (χ2v) is 7.40. The van der Waals surface area contributed by atoms with E-state index in [0.717, 1.165) is 30.8 Å². The zero-order valence-electron chi connectivity index (χ0n) is 17.8. The van der Waals surface area contributed by atoms with Crippen molar-refractivity contribution in [2.24, 2.45) is 5.10 Å². The van der Waals surface area contributed by atoms with Crippen molar-refractivity contribution in [3.8, 4) is 0 Å². The number of nitrogens with zero attached hydrogens (tertiary/aromatic N) is 3. The molecule has 0 saturated carbocycles. The summed E-state index contributed by atoms with van der Waals surface area (Å²) < 4.78 is 0. The van der Waals surface area contributed by atoms with Gasteiger partial charge in [-0.3, -0.25) is 9.59 Å². The summed E-state index contributed by atoms with van der Waals surface area (Å²) in [6.07, 6.45) is 1.10. The molecule has 0 spiro atoms. The van der Waals surface area contributed by atoms with E-state index in [9.17, 15) is 9.59 Å². The smallest absolute Gasteiger partial charge is 0.243 e. The summed E-state index contributed by atoms with van der Waals surface area (Å²) in [5.74, 6) is -0.207. The highest BCUT2D eigenvalue weighted by Gasteiger charge is 2.21. The molecular formula is C24H30N4O2. The first-order valence-corrected chi connectivity index (χ1v) is 10.6. The molecule has 3 rings (SSSR count). The zero-order valence-corrected chi connectivity index (χ0v) is 17.8. The summed E-state index contributed by atoms with van der Waals surface area (Å²) in [4.78, 5) is 26.8. The number of aryl methyl sites for hydroxylation is 1. The maximum absolute atomic E-state index is 12.4. The monoisotopic (exact) mass is 406 g/mol. The van der Waals surface area contributed by atoms with Gasteiger partial charge < -0.3 is 10.2 Å². The van der Waals surface area contributed by atoms with Crippen molar-refractivity contribution in [3.05, 3.63) is 65.7 Å². The van der Waals surface area contributed by atoms with Crippen LogP contribution >= 0.6 is 0 Å². The van der Waals surface area contributed by atoms with Crippen LogP contribution in [-0.2, 0) is 9.59 Å². The molecule has 1 aliphatic rings. The Bertz CT molecular complexity index is 895. The summed E-state index contributed by atoms with van der Waals surface area (Å²) in [7, 11) is 0. The average Bonchev–Trinajstić information content (AvgIpc) is 3.27. The number of amides is 2. The van der Waals surface area contributed by atoms with Crippen LogP contribution in [0.1, 0.15) is 37.3 Å². The third-order valence-electron chi connectivity index (χ3n) is 5.30. The molecule has 1 aliphatic heterocycles. The van der Waals surface area contributed by atoms with Crippen LogP contribution in [0.2, 0.25) is 0 Å². The third-order valence-corrected chi connectivity index (χ3v) is 5.30. The highest BCUT2D eigenvalue weighted by Crippen LogP contribution is 2.18.